The fraction of sp³-hybridized carbons (Fsp3) is 0.531. The molecule has 0 atom stereocenters. The van der Waals surface area contributed by atoms with Gasteiger partial charge in [0.25, 0.3) is 0 Å². The smallest absolute Gasteiger partial charge is 0.300 e. The summed E-state index contributed by atoms with van der Waals surface area (Å²) in [6, 6.07) is 14.8. The molecule has 0 saturated heterocycles. The summed E-state index contributed by atoms with van der Waals surface area (Å²) in [5.74, 6) is -0.284. The van der Waals surface area contributed by atoms with Gasteiger partial charge in [-0.3, -0.25) is 9.52 Å². The van der Waals surface area contributed by atoms with E-state index >= 15 is 0 Å². The zero-order chi connectivity index (χ0) is 31.0. The number of nitrogens with zero attached hydrogens (tertiary/aromatic N) is 3. The van der Waals surface area contributed by atoms with E-state index in [1.807, 2.05) is 41.3 Å². The standard InChI is InChI=1S/C32H35F3N4O4S/c1-44(41,42)38-23-7-5-21(6-8-23)22-3-2-4-24(15-22)39(25(40)16-30-17-32(35,18-30)19-30)20-29-9-12-31(13-10-29,14-11-29)28-36-27(26(33)34)37-43-28/h2-8,15,26,38H,9-14,16-20H2,1H3. The molecule has 4 bridgehead atoms. The van der Waals surface area contributed by atoms with Gasteiger partial charge in [-0.15, -0.1) is 0 Å². The van der Waals surface area contributed by atoms with E-state index in [-0.39, 0.29) is 16.7 Å². The van der Waals surface area contributed by atoms with Crippen LogP contribution in [0.15, 0.2) is 53.1 Å². The number of alkyl halides is 3. The summed E-state index contributed by atoms with van der Waals surface area (Å²) in [7, 11) is -3.40. The quantitative estimate of drug-likeness (QED) is 0.261. The minimum Gasteiger partial charge on any atom is -0.339 e. The molecule has 3 aromatic rings. The lowest BCUT2D eigenvalue weighted by Crippen LogP contribution is -2.65. The van der Waals surface area contributed by atoms with Gasteiger partial charge in [-0.1, -0.05) is 29.4 Å². The number of benzene rings is 2. The summed E-state index contributed by atoms with van der Waals surface area (Å²) in [5, 5.41) is 3.49. The first-order chi connectivity index (χ1) is 20.8. The SMILES string of the molecule is CS(=O)(=O)Nc1ccc(-c2cccc(N(CC34CCC(c5nc(C(F)F)no5)(CC3)CC4)C(=O)CC34CC(F)(C3)C4)c2)cc1. The van der Waals surface area contributed by atoms with E-state index < -0.39 is 33.4 Å². The second-order valence-corrected chi connectivity index (χ2v) is 15.6. The number of sulfonamides is 1. The van der Waals surface area contributed by atoms with E-state index in [2.05, 4.69) is 14.9 Å². The number of halogens is 3. The van der Waals surface area contributed by atoms with Gasteiger partial charge in [-0.05, 0) is 104 Å². The first kappa shape index (κ1) is 29.3. The van der Waals surface area contributed by atoms with E-state index in [0.717, 1.165) is 61.6 Å². The summed E-state index contributed by atoms with van der Waals surface area (Å²) < 4.78 is 71.6. The second kappa shape index (κ2) is 10.1. The third-order valence-electron chi connectivity index (χ3n) is 10.6. The molecule has 0 aliphatic heterocycles. The van der Waals surface area contributed by atoms with Crippen LogP contribution < -0.4 is 9.62 Å². The van der Waals surface area contributed by atoms with E-state index in [4.69, 9.17) is 4.52 Å². The third kappa shape index (κ3) is 5.28. The Bertz CT molecular complexity index is 1660. The van der Waals surface area contributed by atoms with Crippen LogP contribution in [0, 0.1) is 10.8 Å². The molecule has 8 nitrogen and oxygen atoms in total. The predicted octanol–water partition coefficient (Wildman–Crippen LogP) is 6.95. The number of aromatic nitrogens is 2. The van der Waals surface area contributed by atoms with Crippen LogP contribution in [-0.2, 0) is 20.2 Å². The Kier molecular flexibility index (Phi) is 6.69. The third-order valence-corrected chi connectivity index (χ3v) is 11.2. The van der Waals surface area contributed by atoms with Gasteiger partial charge >= 0.3 is 6.43 Å². The van der Waals surface area contributed by atoms with Gasteiger partial charge in [0.15, 0.2) is 0 Å². The van der Waals surface area contributed by atoms with E-state index in [9.17, 15) is 26.4 Å². The first-order valence-corrected chi connectivity index (χ1v) is 17.0. The van der Waals surface area contributed by atoms with Crippen LogP contribution in [0.4, 0.5) is 24.5 Å². The number of anilines is 2. The minimum atomic E-state index is -3.40. The molecule has 2 aromatic carbocycles. The molecule has 6 aliphatic carbocycles. The van der Waals surface area contributed by atoms with Crippen molar-refractivity contribution >= 4 is 27.3 Å². The molecule has 1 aromatic heterocycles. The maximum Gasteiger partial charge on any atom is 0.300 e. The van der Waals surface area contributed by atoms with Crippen LogP contribution >= 0.6 is 0 Å². The highest BCUT2D eigenvalue weighted by Crippen LogP contribution is 2.71. The lowest BCUT2D eigenvalue weighted by molar-refractivity contribution is -0.215. The van der Waals surface area contributed by atoms with Gasteiger partial charge in [0.05, 0.1) is 6.26 Å². The highest BCUT2D eigenvalue weighted by molar-refractivity contribution is 7.92. The highest BCUT2D eigenvalue weighted by atomic mass is 32.2. The summed E-state index contributed by atoms with van der Waals surface area (Å²) in [5.41, 5.74) is 1.11. The van der Waals surface area contributed by atoms with Crippen molar-refractivity contribution in [1.82, 2.24) is 10.1 Å². The number of carbonyl (C=O) groups excluding carboxylic acids is 1. The molecule has 234 valence electrons. The van der Waals surface area contributed by atoms with Crippen molar-refractivity contribution in [2.45, 2.75) is 81.7 Å². The van der Waals surface area contributed by atoms with Crippen molar-refractivity contribution in [1.29, 1.82) is 0 Å². The van der Waals surface area contributed by atoms with Crippen molar-refractivity contribution in [3.05, 3.63) is 60.2 Å². The van der Waals surface area contributed by atoms with Gasteiger partial charge in [-0.25, -0.2) is 21.6 Å². The van der Waals surface area contributed by atoms with Crippen LogP contribution in [0.5, 0.6) is 0 Å². The zero-order valence-electron chi connectivity index (χ0n) is 24.5. The Morgan fingerprint density at radius 2 is 1.64 bits per heavy atom. The van der Waals surface area contributed by atoms with Crippen molar-refractivity contribution < 1.29 is 30.9 Å². The molecule has 0 radical (unpaired) electrons. The van der Waals surface area contributed by atoms with E-state index in [1.54, 1.807) is 12.1 Å². The lowest BCUT2D eigenvalue weighted by atomic mass is 9.41. The van der Waals surface area contributed by atoms with Gasteiger partial charge in [0.1, 0.15) is 5.67 Å². The Morgan fingerprint density at radius 1 is 0.977 bits per heavy atom. The van der Waals surface area contributed by atoms with Gasteiger partial charge in [0, 0.05) is 29.8 Å². The van der Waals surface area contributed by atoms with Crippen LogP contribution in [0.2, 0.25) is 0 Å². The van der Waals surface area contributed by atoms with Crippen LogP contribution in [0.25, 0.3) is 11.1 Å². The first-order valence-electron chi connectivity index (χ1n) is 15.1. The second-order valence-electron chi connectivity index (χ2n) is 13.9. The van der Waals surface area contributed by atoms with Crippen LogP contribution in [0.3, 0.4) is 0 Å². The maximum atomic E-state index is 14.3. The van der Waals surface area contributed by atoms with Gasteiger partial charge in [-0.2, -0.15) is 4.98 Å². The molecule has 0 spiro atoms. The molecule has 44 heavy (non-hydrogen) atoms. The average Bonchev–Trinajstić information content (AvgIpc) is 3.47. The molecule has 1 heterocycles. The van der Waals surface area contributed by atoms with Crippen LogP contribution in [-0.4, -0.2) is 42.9 Å². The van der Waals surface area contributed by atoms with Gasteiger partial charge in [0.2, 0.25) is 27.6 Å². The number of hydrogen-bond acceptors (Lipinski definition) is 6. The summed E-state index contributed by atoms with van der Waals surface area (Å²) >= 11 is 0. The van der Waals surface area contributed by atoms with Crippen molar-refractivity contribution in [2.24, 2.45) is 10.8 Å². The zero-order valence-corrected chi connectivity index (χ0v) is 25.3. The average molecular weight is 629 g/mol. The molecular formula is C32H35F3N4O4S. The van der Waals surface area contributed by atoms with Crippen molar-refractivity contribution in [2.75, 3.05) is 22.4 Å². The predicted molar refractivity (Wildman–Crippen MR) is 159 cm³/mol. The number of hydrogen-bond donors (Lipinski definition) is 1. The van der Waals surface area contributed by atoms with Crippen molar-refractivity contribution in [3.63, 3.8) is 0 Å². The van der Waals surface area contributed by atoms with Crippen molar-refractivity contribution in [3.8, 4) is 11.1 Å². The van der Waals surface area contributed by atoms with Gasteiger partial charge < -0.3 is 9.42 Å². The number of amides is 1. The Balaban J connectivity index is 1.13. The summed E-state index contributed by atoms with van der Waals surface area (Å²) in [6.07, 6.45) is 4.57. The molecule has 6 aliphatic rings. The molecular weight excluding hydrogens is 593 g/mol. The maximum absolute atomic E-state index is 14.3. The number of carbonyl (C=O) groups is 1. The minimum absolute atomic E-state index is 0.00754. The Morgan fingerprint density at radius 3 is 2.20 bits per heavy atom. The Hall–Kier alpha value is -3.41. The molecule has 1 amide bonds. The molecule has 9 rings (SSSR count). The molecule has 1 N–H and O–H groups in total. The Labute approximate surface area is 254 Å². The highest BCUT2D eigenvalue weighted by Gasteiger charge is 2.69. The topological polar surface area (TPSA) is 105 Å². The number of nitrogens with one attached hydrogen (secondary N) is 1. The summed E-state index contributed by atoms with van der Waals surface area (Å²) in [6.45, 7) is 0.519. The fourth-order valence-corrected chi connectivity index (χ4v) is 8.85. The van der Waals surface area contributed by atoms with E-state index in [0.29, 0.717) is 43.8 Å². The monoisotopic (exact) mass is 628 g/mol. The largest absolute Gasteiger partial charge is 0.339 e. The van der Waals surface area contributed by atoms with E-state index in [1.165, 1.54) is 0 Å². The molecule has 12 heteroatoms. The normalized spacial score (nSPS) is 30.5. The molecule has 6 fully saturated rings. The fourth-order valence-electron chi connectivity index (χ4n) is 8.28. The number of fused-ring (bicyclic) bond motifs is 3. The lowest BCUT2D eigenvalue weighted by Gasteiger charge is -2.66. The molecule has 6 saturated carbocycles. The summed E-state index contributed by atoms with van der Waals surface area (Å²) in [4.78, 5) is 20.0. The number of rotatable bonds is 10. The van der Waals surface area contributed by atoms with Crippen LogP contribution in [0.1, 0.15) is 82.3 Å². The molecule has 0 unspecified atom stereocenters.